The van der Waals surface area contributed by atoms with Gasteiger partial charge in [0.05, 0.1) is 5.69 Å². The Hall–Kier alpha value is -2.96. The van der Waals surface area contributed by atoms with Crippen molar-refractivity contribution in [3.05, 3.63) is 58.3 Å². The number of hydrogen-bond acceptors (Lipinski definition) is 4. The minimum atomic E-state index is -1.29. The predicted molar refractivity (Wildman–Crippen MR) is 70.3 cm³/mol. The second kappa shape index (κ2) is 4.30. The monoisotopic (exact) mass is 270 g/mol. The molecule has 0 atom stereocenters. The molecule has 0 amide bonds. The van der Waals surface area contributed by atoms with Crippen LogP contribution in [-0.4, -0.2) is 30.2 Å². The Bertz CT molecular complexity index is 864. The van der Waals surface area contributed by atoms with Gasteiger partial charge in [0.25, 0.3) is 5.56 Å². The first-order chi connectivity index (χ1) is 9.59. The minimum absolute atomic E-state index is 0.196. The van der Waals surface area contributed by atoms with Gasteiger partial charge in [-0.3, -0.25) is 4.79 Å². The summed E-state index contributed by atoms with van der Waals surface area (Å²) in [6.45, 7) is 1.50. The van der Waals surface area contributed by atoms with Gasteiger partial charge in [-0.2, -0.15) is 4.52 Å². The van der Waals surface area contributed by atoms with Crippen molar-refractivity contribution in [3.63, 3.8) is 0 Å². The van der Waals surface area contributed by atoms with Crippen molar-refractivity contribution in [1.82, 2.24) is 19.2 Å². The Morgan fingerprint density at radius 3 is 2.75 bits per heavy atom. The molecule has 7 nitrogen and oxygen atoms in total. The fourth-order valence-electron chi connectivity index (χ4n) is 2.07. The SMILES string of the molecule is Cc1nc2ccn(-c3ccccn3)n2c(=O)c1C(=O)O. The van der Waals surface area contributed by atoms with Crippen LogP contribution in [0.25, 0.3) is 11.5 Å². The maximum absolute atomic E-state index is 12.3. The van der Waals surface area contributed by atoms with Gasteiger partial charge >= 0.3 is 5.97 Å². The maximum atomic E-state index is 12.3. The van der Waals surface area contributed by atoms with Crippen LogP contribution in [0.3, 0.4) is 0 Å². The van der Waals surface area contributed by atoms with E-state index in [0.717, 1.165) is 0 Å². The molecule has 0 saturated carbocycles. The summed E-state index contributed by atoms with van der Waals surface area (Å²) >= 11 is 0. The van der Waals surface area contributed by atoms with Gasteiger partial charge in [-0.1, -0.05) is 6.07 Å². The minimum Gasteiger partial charge on any atom is -0.477 e. The van der Waals surface area contributed by atoms with Crippen LogP contribution in [-0.2, 0) is 0 Å². The molecule has 3 aromatic rings. The highest BCUT2D eigenvalue weighted by Gasteiger charge is 2.18. The Kier molecular flexibility index (Phi) is 2.60. The molecular weight excluding hydrogens is 260 g/mol. The highest BCUT2D eigenvalue weighted by atomic mass is 16.4. The molecule has 0 unspecified atom stereocenters. The predicted octanol–water partition coefficient (Wildman–Crippen LogP) is 0.887. The fourth-order valence-corrected chi connectivity index (χ4v) is 2.07. The highest BCUT2D eigenvalue weighted by molar-refractivity contribution is 5.88. The molecule has 0 fully saturated rings. The van der Waals surface area contributed by atoms with Crippen LogP contribution < -0.4 is 5.56 Å². The lowest BCUT2D eigenvalue weighted by Gasteiger charge is -2.07. The van der Waals surface area contributed by atoms with Crippen molar-refractivity contribution in [2.24, 2.45) is 0 Å². The molecule has 3 rings (SSSR count). The molecule has 3 aromatic heterocycles. The largest absolute Gasteiger partial charge is 0.477 e. The van der Waals surface area contributed by atoms with Gasteiger partial charge in [0.1, 0.15) is 5.56 Å². The van der Waals surface area contributed by atoms with Gasteiger partial charge in [0.15, 0.2) is 11.5 Å². The number of aromatic nitrogens is 4. The molecule has 0 bridgehead atoms. The van der Waals surface area contributed by atoms with Crippen LogP contribution >= 0.6 is 0 Å². The molecule has 0 aliphatic carbocycles. The number of hydrogen-bond donors (Lipinski definition) is 1. The van der Waals surface area contributed by atoms with E-state index in [1.54, 1.807) is 36.7 Å². The number of carboxylic acids is 1. The third-order valence-electron chi connectivity index (χ3n) is 2.95. The lowest BCUT2D eigenvalue weighted by atomic mass is 10.2. The summed E-state index contributed by atoms with van der Waals surface area (Å²) in [7, 11) is 0. The Morgan fingerprint density at radius 1 is 1.30 bits per heavy atom. The molecule has 0 aromatic carbocycles. The molecule has 100 valence electrons. The van der Waals surface area contributed by atoms with E-state index in [9.17, 15) is 9.59 Å². The number of rotatable bonds is 2. The van der Waals surface area contributed by atoms with Crippen molar-refractivity contribution in [1.29, 1.82) is 0 Å². The number of aryl methyl sites for hydroxylation is 1. The van der Waals surface area contributed by atoms with Gasteiger partial charge in [-0.15, -0.1) is 0 Å². The van der Waals surface area contributed by atoms with E-state index in [1.807, 2.05) is 0 Å². The van der Waals surface area contributed by atoms with Crippen LogP contribution in [0.15, 0.2) is 41.5 Å². The fraction of sp³-hybridized carbons (Fsp3) is 0.0769. The number of aromatic carboxylic acids is 1. The molecule has 0 aliphatic rings. The lowest BCUT2D eigenvalue weighted by molar-refractivity contribution is 0.0693. The van der Waals surface area contributed by atoms with Crippen LogP contribution in [0, 0.1) is 6.92 Å². The summed E-state index contributed by atoms with van der Waals surface area (Å²) in [5.74, 6) is -0.783. The van der Waals surface area contributed by atoms with Gasteiger partial charge in [-0.05, 0) is 19.1 Å². The Morgan fingerprint density at radius 2 is 2.10 bits per heavy atom. The second-order valence-corrected chi connectivity index (χ2v) is 4.20. The van der Waals surface area contributed by atoms with E-state index in [4.69, 9.17) is 5.11 Å². The van der Waals surface area contributed by atoms with Crippen LogP contribution in [0.1, 0.15) is 16.1 Å². The van der Waals surface area contributed by atoms with Gasteiger partial charge < -0.3 is 5.11 Å². The third-order valence-corrected chi connectivity index (χ3v) is 2.95. The van der Waals surface area contributed by atoms with Crippen LogP contribution in [0.2, 0.25) is 0 Å². The van der Waals surface area contributed by atoms with Crippen LogP contribution in [0.5, 0.6) is 0 Å². The van der Waals surface area contributed by atoms with Gasteiger partial charge in [-0.25, -0.2) is 19.4 Å². The zero-order valence-electron chi connectivity index (χ0n) is 10.5. The topological polar surface area (TPSA) is 89.5 Å². The van der Waals surface area contributed by atoms with E-state index in [-0.39, 0.29) is 11.3 Å². The zero-order chi connectivity index (χ0) is 14.3. The summed E-state index contributed by atoms with van der Waals surface area (Å²) in [5.41, 5.74) is -0.390. The lowest BCUT2D eigenvalue weighted by Crippen LogP contribution is -2.28. The summed E-state index contributed by atoms with van der Waals surface area (Å²) in [4.78, 5) is 31.8. The number of fused-ring (bicyclic) bond motifs is 1. The van der Waals surface area contributed by atoms with E-state index < -0.39 is 11.5 Å². The molecule has 20 heavy (non-hydrogen) atoms. The first-order valence-corrected chi connectivity index (χ1v) is 5.85. The average molecular weight is 270 g/mol. The molecular formula is C13H10N4O3. The normalized spacial score (nSPS) is 10.8. The van der Waals surface area contributed by atoms with Gasteiger partial charge in [0, 0.05) is 18.5 Å². The number of nitrogens with zero attached hydrogens (tertiary/aromatic N) is 4. The summed E-state index contributed by atoms with van der Waals surface area (Å²) in [5, 5.41) is 9.13. The number of pyridine rings is 1. The smallest absolute Gasteiger partial charge is 0.343 e. The summed E-state index contributed by atoms with van der Waals surface area (Å²) in [6, 6.07) is 6.88. The van der Waals surface area contributed by atoms with Crippen molar-refractivity contribution >= 4 is 11.6 Å². The summed E-state index contributed by atoms with van der Waals surface area (Å²) in [6.07, 6.45) is 3.21. The Balaban J connectivity index is 2.41. The molecule has 7 heteroatoms. The van der Waals surface area contributed by atoms with Crippen molar-refractivity contribution in [2.75, 3.05) is 0 Å². The van der Waals surface area contributed by atoms with Crippen LogP contribution in [0.4, 0.5) is 0 Å². The quantitative estimate of drug-likeness (QED) is 0.746. The molecule has 0 aliphatic heterocycles. The first-order valence-electron chi connectivity index (χ1n) is 5.85. The molecule has 0 radical (unpaired) electrons. The van der Waals surface area contributed by atoms with E-state index in [2.05, 4.69) is 9.97 Å². The number of carbonyl (C=O) groups is 1. The van der Waals surface area contributed by atoms with E-state index >= 15 is 0 Å². The maximum Gasteiger partial charge on any atom is 0.343 e. The molecule has 1 N–H and O–H groups in total. The second-order valence-electron chi connectivity index (χ2n) is 4.20. The third kappa shape index (κ3) is 1.68. The van der Waals surface area contributed by atoms with Crippen molar-refractivity contribution in [2.45, 2.75) is 6.92 Å². The van der Waals surface area contributed by atoms with Crippen molar-refractivity contribution in [3.8, 4) is 5.82 Å². The standard InChI is InChI=1S/C13H10N4O3/c1-8-11(13(19)20)12(18)17-10(15-8)5-7-16(17)9-4-2-3-6-14-9/h2-7H,1H3,(H,19,20). The van der Waals surface area contributed by atoms with Gasteiger partial charge in [0.2, 0.25) is 0 Å². The molecule has 3 heterocycles. The molecule has 0 spiro atoms. The highest BCUT2D eigenvalue weighted by Crippen LogP contribution is 2.09. The average Bonchev–Trinajstić information content (AvgIpc) is 2.83. The van der Waals surface area contributed by atoms with Crippen molar-refractivity contribution < 1.29 is 9.90 Å². The summed E-state index contributed by atoms with van der Waals surface area (Å²) < 4.78 is 2.66. The number of carboxylic acid groups (broad SMARTS) is 1. The Labute approximate surface area is 112 Å². The molecule has 0 saturated heterocycles. The van der Waals surface area contributed by atoms with E-state index in [0.29, 0.717) is 11.5 Å². The zero-order valence-corrected chi connectivity index (χ0v) is 10.5. The first kappa shape index (κ1) is 12.1. The van der Waals surface area contributed by atoms with E-state index in [1.165, 1.54) is 16.1 Å².